The van der Waals surface area contributed by atoms with Gasteiger partial charge in [0, 0.05) is 0 Å². The van der Waals surface area contributed by atoms with E-state index in [1.807, 2.05) is 5.32 Å². The van der Waals surface area contributed by atoms with Crippen molar-refractivity contribution in [2.45, 2.75) is 12.3 Å². The quantitative estimate of drug-likeness (QED) is 0.731. The Morgan fingerprint density at radius 2 is 1.90 bits per heavy atom. The van der Waals surface area contributed by atoms with Gasteiger partial charge < -0.3 is 15.7 Å². The Labute approximate surface area is 114 Å². The van der Waals surface area contributed by atoms with E-state index in [-0.39, 0.29) is 5.69 Å². The van der Waals surface area contributed by atoms with Crippen molar-refractivity contribution in [1.82, 2.24) is 5.32 Å². The number of rotatable bonds is 5. The summed E-state index contributed by atoms with van der Waals surface area (Å²) in [5.41, 5.74) is -0.993. The molecule has 5 nitrogen and oxygen atoms in total. The molecule has 10 heteroatoms. The number of carbonyl (C=O) groups is 2. The van der Waals surface area contributed by atoms with Gasteiger partial charge in [-0.1, -0.05) is 0 Å². The lowest BCUT2D eigenvalue weighted by Gasteiger charge is -2.16. The van der Waals surface area contributed by atoms with E-state index in [0.29, 0.717) is 6.07 Å². The average Bonchev–Trinajstić information content (AvgIpc) is 2.38. The fourth-order valence-electron chi connectivity index (χ4n) is 1.24. The van der Waals surface area contributed by atoms with Crippen molar-refractivity contribution in [3.05, 3.63) is 29.6 Å². The third-order valence-corrected chi connectivity index (χ3v) is 2.26. The molecule has 0 heterocycles. The van der Waals surface area contributed by atoms with Crippen LogP contribution >= 0.6 is 0 Å². The summed E-state index contributed by atoms with van der Waals surface area (Å²) in [5, 5.41) is 12.1. The second-order valence-corrected chi connectivity index (χ2v) is 3.86. The van der Waals surface area contributed by atoms with E-state index in [9.17, 15) is 31.5 Å². The Morgan fingerprint density at radius 1 is 1.29 bits per heavy atom. The van der Waals surface area contributed by atoms with E-state index < -0.39 is 42.3 Å². The van der Waals surface area contributed by atoms with Gasteiger partial charge in [-0.25, -0.2) is 22.8 Å². The first kappa shape index (κ1) is 16.7. The highest BCUT2D eigenvalue weighted by atomic mass is 19.3. The first-order chi connectivity index (χ1) is 9.63. The molecule has 0 saturated heterocycles. The molecule has 0 bridgehead atoms. The molecule has 0 aliphatic rings. The van der Waals surface area contributed by atoms with Gasteiger partial charge in [-0.2, -0.15) is 8.78 Å². The lowest BCUT2D eigenvalue weighted by atomic mass is 10.2. The van der Waals surface area contributed by atoms with Crippen LogP contribution in [0.1, 0.15) is 10.4 Å². The molecule has 3 N–H and O–H groups in total. The number of aromatic carboxylic acids is 1. The number of carbonyl (C=O) groups excluding carboxylic acids is 1. The fraction of sp³-hybridized carbons (Fsp3) is 0.273. The summed E-state index contributed by atoms with van der Waals surface area (Å²) in [5.74, 6) is -6.87. The standard InChI is InChI=1S/C11H9F5N2O3/c12-5-1-2-7(6(3-5)8(19)20)18-10(21)17-4-11(15,16)9(13)14/h1-3,9H,4H2,(H,19,20)(H2,17,18,21). The van der Waals surface area contributed by atoms with E-state index in [4.69, 9.17) is 5.11 Å². The Hall–Kier alpha value is -2.39. The van der Waals surface area contributed by atoms with Gasteiger partial charge in [-0.15, -0.1) is 0 Å². The number of carboxylic acid groups (broad SMARTS) is 1. The van der Waals surface area contributed by atoms with Crippen molar-refractivity contribution in [3.8, 4) is 0 Å². The summed E-state index contributed by atoms with van der Waals surface area (Å²) in [6.45, 7) is -1.64. The normalized spacial score (nSPS) is 11.3. The van der Waals surface area contributed by atoms with Crippen molar-refractivity contribution >= 4 is 17.7 Å². The molecule has 1 aromatic rings. The highest BCUT2D eigenvalue weighted by Gasteiger charge is 2.40. The smallest absolute Gasteiger partial charge is 0.337 e. The second-order valence-electron chi connectivity index (χ2n) is 3.86. The third-order valence-electron chi connectivity index (χ3n) is 2.26. The number of amides is 2. The molecule has 0 fully saturated rings. The lowest BCUT2D eigenvalue weighted by Crippen LogP contribution is -2.43. The van der Waals surface area contributed by atoms with Crippen molar-refractivity contribution in [3.63, 3.8) is 0 Å². The molecule has 0 saturated carbocycles. The Kier molecular flexibility index (Phi) is 5.06. The maximum absolute atomic E-state index is 12.9. The SMILES string of the molecule is O=C(NCC(F)(F)C(F)F)Nc1ccc(F)cc1C(=O)O. The zero-order valence-electron chi connectivity index (χ0n) is 10.2. The van der Waals surface area contributed by atoms with Crippen LogP contribution in [-0.2, 0) is 0 Å². The number of anilines is 1. The zero-order chi connectivity index (χ0) is 16.2. The molecule has 21 heavy (non-hydrogen) atoms. The molecule has 116 valence electrons. The first-order valence-electron chi connectivity index (χ1n) is 5.37. The number of alkyl halides is 4. The van der Waals surface area contributed by atoms with Gasteiger partial charge in [-0.05, 0) is 18.2 Å². The minimum absolute atomic E-state index is 0.373. The molecular weight excluding hydrogens is 303 g/mol. The van der Waals surface area contributed by atoms with Gasteiger partial charge in [0.1, 0.15) is 5.82 Å². The van der Waals surface area contributed by atoms with Crippen molar-refractivity contribution in [1.29, 1.82) is 0 Å². The number of halogens is 5. The predicted molar refractivity (Wildman–Crippen MR) is 61.3 cm³/mol. The minimum atomic E-state index is -4.42. The molecule has 0 aliphatic carbocycles. The summed E-state index contributed by atoms with van der Waals surface area (Å²) in [4.78, 5) is 22.1. The summed E-state index contributed by atoms with van der Waals surface area (Å²) < 4.78 is 61.7. The number of carboxylic acids is 1. The molecule has 1 rings (SSSR count). The molecule has 0 aliphatic heterocycles. The molecular formula is C11H9F5N2O3. The maximum Gasteiger partial charge on any atom is 0.337 e. The number of hydrogen-bond donors (Lipinski definition) is 3. The molecule has 1 aromatic carbocycles. The van der Waals surface area contributed by atoms with Crippen molar-refractivity contribution in [2.24, 2.45) is 0 Å². The largest absolute Gasteiger partial charge is 0.478 e. The molecule has 0 unspecified atom stereocenters. The van der Waals surface area contributed by atoms with E-state index in [0.717, 1.165) is 12.1 Å². The maximum atomic E-state index is 12.9. The van der Waals surface area contributed by atoms with Crippen LogP contribution in [0.15, 0.2) is 18.2 Å². The monoisotopic (exact) mass is 312 g/mol. The van der Waals surface area contributed by atoms with E-state index in [2.05, 4.69) is 0 Å². The molecule has 0 atom stereocenters. The molecule has 0 aromatic heterocycles. The minimum Gasteiger partial charge on any atom is -0.478 e. The lowest BCUT2D eigenvalue weighted by molar-refractivity contribution is -0.123. The van der Waals surface area contributed by atoms with Crippen LogP contribution < -0.4 is 10.6 Å². The van der Waals surface area contributed by atoms with Gasteiger partial charge in [-0.3, -0.25) is 0 Å². The van der Waals surface area contributed by atoms with E-state index in [1.165, 1.54) is 5.32 Å². The fourth-order valence-corrected chi connectivity index (χ4v) is 1.24. The zero-order valence-corrected chi connectivity index (χ0v) is 10.2. The van der Waals surface area contributed by atoms with Crippen LogP contribution in [0.25, 0.3) is 0 Å². The Bertz CT molecular complexity index is 551. The third kappa shape index (κ3) is 4.58. The number of benzene rings is 1. The van der Waals surface area contributed by atoms with Crippen LogP contribution in [0, 0.1) is 5.82 Å². The second kappa shape index (κ2) is 6.37. The summed E-state index contributed by atoms with van der Waals surface area (Å²) in [6, 6.07) is 0.995. The Balaban J connectivity index is 2.74. The molecule has 0 spiro atoms. The van der Waals surface area contributed by atoms with Crippen molar-refractivity contribution < 1.29 is 36.6 Å². The first-order valence-corrected chi connectivity index (χ1v) is 5.37. The van der Waals surface area contributed by atoms with Gasteiger partial charge >= 0.3 is 24.3 Å². The van der Waals surface area contributed by atoms with Gasteiger partial charge in [0.2, 0.25) is 0 Å². The predicted octanol–water partition coefficient (Wildman–Crippen LogP) is 2.55. The van der Waals surface area contributed by atoms with E-state index in [1.54, 1.807) is 0 Å². The summed E-state index contributed by atoms with van der Waals surface area (Å²) in [7, 11) is 0. The van der Waals surface area contributed by atoms with Crippen molar-refractivity contribution in [2.75, 3.05) is 11.9 Å². The molecule has 0 radical (unpaired) electrons. The van der Waals surface area contributed by atoms with E-state index >= 15 is 0 Å². The van der Waals surface area contributed by atoms with Crippen LogP contribution in [0.4, 0.5) is 32.4 Å². The number of urea groups is 1. The Morgan fingerprint density at radius 3 is 2.43 bits per heavy atom. The summed E-state index contributed by atoms with van der Waals surface area (Å²) >= 11 is 0. The van der Waals surface area contributed by atoms with Crippen LogP contribution in [0.3, 0.4) is 0 Å². The number of nitrogens with one attached hydrogen (secondary N) is 2. The molecule has 2 amide bonds. The highest BCUT2D eigenvalue weighted by molar-refractivity contribution is 5.99. The number of hydrogen-bond acceptors (Lipinski definition) is 2. The van der Waals surface area contributed by atoms with Crippen LogP contribution in [-0.4, -0.2) is 36.0 Å². The van der Waals surface area contributed by atoms with Gasteiger partial charge in [0.25, 0.3) is 0 Å². The average molecular weight is 312 g/mol. The highest BCUT2D eigenvalue weighted by Crippen LogP contribution is 2.21. The van der Waals surface area contributed by atoms with Crippen LogP contribution in [0.2, 0.25) is 0 Å². The van der Waals surface area contributed by atoms with Gasteiger partial charge in [0.15, 0.2) is 0 Å². The summed E-state index contributed by atoms with van der Waals surface area (Å²) in [6.07, 6.45) is -3.96. The van der Waals surface area contributed by atoms with Gasteiger partial charge in [0.05, 0.1) is 17.8 Å². The van der Waals surface area contributed by atoms with Crippen LogP contribution in [0.5, 0.6) is 0 Å². The topological polar surface area (TPSA) is 78.4 Å².